The Morgan fingerprint density at radius 2 is 2.05 bits per heavy atom. The Bertz CT molecular complexity index is 711. The molecular weight excluding hydrogens is 268 g/mol. The normalized spacial score (nSPS) is 18.2. The van der Waals surface area contributed by atoms with Crippen molar-refractivity contribution in [3.63, 3.8) is 0 Å². The Labute approximate surface area is 121 Å². The van der Waals surface area contributed by atoms with Gasteiger partial charge in [0.05, 0.1) is 5.69 Å². The van der Waals surface area contributed by atoms with Gasteiger partial charge in [0.2, 0.25) is 11.9 Å². The molecule has 0 spiro atoms. The van der Waals surface area contributed by atoms with Crippen LogP contribution in [0.25, 0.3) is 11.3 Å². The summed E-state index contributed by atoms with van der Waals surface area (Å²) in [5, 5.41) is 0. The van der Waals surface area contributed by atoms with Gasteiger partial charge >= 0.3 is 0 Å². The van der Waals surface area contributed by atoms with E-state index in [1.807, 2.05) is 30.3 Å². The summed E-state index contributed by atoms with van der Waals surface area (Å²) in [6, 6.07) is 10.8. The Morgan fingerprint density at radius 1 is 1.29 bits per heavy atom. The number of benzene rings is 1. The first kappa shape index (κ1) is 13.5. The van der Waals surface area contributed by atoms with Crippen LogP contribution in [-0.2, 0) is 4.79 Å². The number of aromatic nitrogens is 2. The van der Waals surface area contributed by atoms with Gasteiger partial charge in [0.1, 0.15) is 0 Å². The number of nitrogens with zero attached hydrogens (tertiary/aromatic N) is 2. The van der Waals surface area contributed by atoms with Crippen LogP contribution in [0.1, 0.15) is 6.42 Å². The molecule has 2 aromatic rings. The minimum absolute atomic E-state index is 0.0567. The van der Waals surface area contributed by atoms with Crippen LogP contribution in [0.2, 0.25) is 0 Å². The predicted octanol–water partition coefficient (Wildman–Crippen LogP) is 0.748. The first-order chi connectivity index (χ1) is 10.2. The topological polar surface area (TPSA) is 92.1 Å². The molecular formula is C15H16N4O2. The van der Waals surface area contributed by atoms with Gasteiger partial charge in [-0.05, 0) is 12.5 Å². The van der Waals surface area contributed by atoms with Crippen LogP contribution < -0.4 is 16.2 Å². The number of nitrogens with one attached hydrogen (secondary N) is 1. The van der Waals surface area contributed by atoms with E-state index in [2.05, 4.69) is 9.97 Å². The molecule has 1 amide bonds. The van der Waals surface area contributed by atoms with Gasteiger partial charge in [-0.25, -0.2) is 4.98 Å². The molecule has 6 nitrogen and oxygen atoms in total. The number of nitrogens with two attached hydrogens (primary N) is 1. The average Bonchev–Trinajstić information content (AvgIpc) is 2.89. The summed E-state index contributed by atoms with van der Waals surface area (Å²) in [5.74, 6) is 0.351. The molecule has 3 N–H and O–H groups in total. The van der Waals surface area contributed by atoms with E-state index >= 15 is 0 Å². The van der Waals surface area contributed by atoms with E-state index in [1.54, 1.807) is 0 Å². The van der Waals surface area contributed by atoms with Crippen LogP contribution in [0, 0.1) is 5.92 Å². The summed E-state index contributed by atoms with van der Waals surface area (Å²) in [6.07, 6.45) is 0.399. The van der Waals surface area contributed by atoms with E-state index in [0.29, 0.717) is 31.2 Å². The maximum absolute atomic E-state index is 12.0. The number of amides is 1. The second-order valence-corrected chi connectivity index (χ2v) is 5.13. The third-order valence-corrected chi connectivity index (χ3v) is 3.59. The van der Waals surface area contributed by atoms with Crippen molar-refractivity contribution in [2.24, 2.45) is 11.7 Å². The van der Waals surface area contributed by atoms with Crippen molar-refractivity contribution in [3.05, 3.63) is 46.8 Å². The van der Waals surface area contributed by atoms with Gasteiger partial charge in [-0.1, -0.05) is 30.3 Å². The largest absolute Gasteiger partial charge is 0.330 e. The van der Waals surface area contributed by atoms with Gasteiger partial charge in [-0.3, -0.25) is 19.5 Å². The van der Waals surface area contributed by atoms with E-state index in [4.69, 9.17) is 5.73 Å². The summed E-state index contributed by atoms with van der Waals surface area (Å²) >= 11 is 0. The van der Waals surface area contributed by atoms with Crippen LogP contribution in [0.4, 0.5) is 5.95 Å². The third kappa shape index (κ3) is 2.71. The lowest BCUT2D eigenvalue weighted by Gasteiger charge is -2.15. The van der Waals surface area contributed by atoms with Gasteiger partial charge in [0.15, 0.2) is 0 Å². The fraction of sp³-hybridized carbons (Fsp3) is 0.267. The van der Waals surface area contributed by atoms with Crippen molar-refractivity contribution in [3.8, 4) is 11.3 Å². The van der Waals surface area contributed by atoms with E-state index in [9.17, 15) is 9.59 Å². The van der Waals surface area contributed by atoms with Crippen molar-refractivity contribution in [2.45, 2.75) is 6.42 Å². The lowest BCUT2D eigenvalue weighted by atomic mass is 10.1. The summed E-state index contributed by atoms with van der Waals surface area (Å²) in [6.45, 7) is 0.946. The van der Waals surface area contributed by atoms with Crippen molar-refractivity contribution < 1.29 is 4.79 Å². The van der Waals surface area contributed by atoms with E-state index in [1.165, 1.54) is 11.0 Å². The molecule has 1 atom stereocenters. The molecule has 0 saturated carbocycles. The van der Waals surface area contributed by atoms with E-state index in [0.717, 1.165) is 5.56 Å². The van der Waals surface area contributed by atoms with Crippen molar-refractivity contribution >= 4 is 11.9 Å². The monoisotopic (exact) mass is 284 g/mol. The zero-order valence-corrected chi connectivity index (χ0v) is 11.5. The molecule has 6 heteroatoms. The molecule has 1 aliphatic rings. The number of rotatable bonds is 3. The van der Waals surface area contributed by atoms with Crippen molar-refractivity contribution in [2.75, 3.05) is 18.0 Å². The second kappa shape index (κ2) is 5.49. The average molecular weight is 284 g/mol. The second-order valence-electron chi connectivity index (χ2n) is 5.13. The fourth-order valence-corrected chi connectivity index (χ4v) is 2.47. The predicted molar refractivity (Wildman–Crippen MR) is 79.8 cm³/mol. The molecule has 1 aromatic heterocycles. The van der Waals surface area contributed by atoms with Gasteiger partial charge in [-0.15, -0.1) is 0 Å². The highest BCUT2D eigenvalue weighted by atomic mass is 16.2. The first-order valence-corrected chi connectivity index (χ1v) is 6.84. The molecule has 1 aliphatic heterocycles. The van der Waals surface area contributed by atoms with Crippen LogP contribution in [0.15, 0.2) is 41.2 Å². The Balaban J connectivity index is 1.99. The lowest BCUT2D eigenvalue weighted by Crippen LogP contribution is -2.29. The Kier molecular flexibility index (Phi) is 3.53. The number of anilines is 1. The molecule has 0 bridgehead atoms. The number of aromatic amines is 1. The highest BCUT2D eigenvalue weighted by Gasteiger charge is 2.31. The number of hydrogen-bond acceptors (Lipinski definition) is 4. The molecule has 1 unspecified atom stereocenters. The van der Waals surface area contributed by atoms with Crippen LogP contribution >= 0.6 is 0 Å². The molecule has 21 heavy (non-hydrogen) atoms. The molecule has 0 radical (unpaired) electrons. The van der Waals surface area contributed by atoms with E-state index in [-0.39, 0.29) is 17.4 Å². The Hall–Kier alpha value is -2.47. The highest BCUT2D eigenvalue weighted by molar-refractivity contribution is 5.94. The first-order valence-electron chi connectivity index (χ1n) is 6.84. The lowest BCUT2D eigenvalue weighted by molar-refractivity contribution is -0.117. The van der Waals surface area contributed by atoms with Crippen LogP contribution in [0.5, 0.6) is 0 Å². The number of carbonyl (C=O) groups is 1. The number of hydrogen-bond donors (Lipinski definition) is 2. The van der Waals surface area contributed by atoms with Gasteiger partial charge < -0.3 is 5.73 Å². The van der Waals surface area contributed by atoms with Crippen molar-refractivity contribution in [1.29, 1.82) is 0 Å². The maximum Gasteiger partial charge on any atom is 0.252 e. The van der Waals surface area contributed by atoms with Crippen LogP contribution in [-0.4, -0.2) is 29.0 Å². The molecule has 0 aliphatic carbocycles. The molecule has 1 aromatic carbocycles. The zero-order chi connectivity index (χ0) is 14.8. The molecule has 1 saturated heterocycles. The van der Waals surface area contributed by atoms with Gasteiger partial charge in [0, 0.05) is 24.6 Å². The summed E-state index contributed by atoms with van der Waals surface area (Å²) in [4.78, 5) is 32.4. The molecule has 1 fully saturated rings. The summed E-state index contributed by atoms with van der Waals surface area (Å²) in [7, 11) is 0. The number of H-pyrrole nitrogens is 1. The van der Waals surface area contributed by atoms with Gasteiger partial charge in [-0.2, -0.15) is 0 Å². The fourth-order valence-electron chi connectivity index (χ4n) is 2.47. The highest BCUT2D eigenvalue weighted by Crippen LogP contribution is 2.23. The standard InChI is InChI=1S/C15H16N4O2/c16-8-10-6-14(21)19(9-10)15-17-12(7-13(20)18-15)11-4-2-1-3-5-11/h1-5,7,10H,6,8-9,16H2,(H,17,18,20). The summed E-state index contributed by atoms with van der Waals surface area (Å²) < 4.78 is 0. The maximum atomic E-state index is 12.0. The number of carbonyl (C=O) groups excluding carboxylic acids is 1. The third-order valence-electron chi connectivity index (χ3n) is 3.59. The summed E-state index contributed by atoms with van der Waals surface area (Å²) in [5.41, 5.74) is 6.73. The SMILES string of the molecule is NCC1CC(=O)N(c2nc(-c3ccccc3)cc(=O)[nH]2)C1. The quantitative estimate of drug-likeness (QED) is 0.870. The molecule has 108 valence electrons. The Morgan fingerprint density at radius 3 is 2.71 bits per heavy atom. The smallest absolute Gasteiger partial charge is 0.252 e. The van der Waals surface area contributed by atoms with E-state index < -0.39 is 0 Å². The zero-order valence-electron chi connectivity index (χ0n) is 11.5. The molecule has 3 rings (SSSR count). The van der Waals surface area contributed by atoms with Crippen LogP contribution in [0.3, 0.4) is 0 Å². The molecule has 2 heterocycles. The van der Waals surface area contributed by atoms with Crippen molar-refractivity contribution in [1.82, 2.24) is 9.97 Å². The minimum Gasteiger partial charge on any atom is -0.330 e. The van der Waals surface area contributed by atoms with Gasteiger partial charge in [0.25, 0.3) is 5.56 Å². The minimum atomic E-state index is -0.275.